The summed E-state index contributed by atoms with van der Waals surface area (Å²) in [4.78, 5) is 53.6. The highest BCUT2D eigenvalue weighted by Gasteiger charge is 2.69. The van der Waals surface area contributed by atoms with Gasteiger partial charge in [0.15, 0.2) is 6.10 Å². The van der Waals surface area contributed by atoms with Gasteiger partial charge >= 0.3 is 0 Å². The van der Waals surface area contributed by atoms with E-state index in [1.807, 2.05) is 19.9 Å². The average Bonchev–Trinajstić information content (AvgIpc) is 3.39. The second kappa shape index (κ2) is 11.4. The van der Waals surface area contributed by atoms with Gasteiger partial charge in [0.25, 0.3) is 5.91 Å². The predicted octanol–water partition coefficient (Wildman–Crippen LogP) is 1.58. The lowest BCUT2D eigenvalue weighted by Crippen LogP contribution is -2.57. The van der Waals surface area contributed by atoms with E-state index >= 15 is 0 Å². The molecule has 14 heteroatoms. The van der Waals surface area contributed by atoms with Crippen LogP contribution in [0.4, 0.5) is 18.9 Å². The zero-order chi connectivity index (χ0) is 30.3. The van der Waals surface area contributed by atoms with Crippen molar-refractivity contribution in [1.29, 1.82) is 5.26 Å². The van der Waals surface area contributed by atoms with Crippen molar-refractivity contribution in [3.63, 3.8) is 0 Å². The van der Waals surface area contributed by atoms with Gasteiger partial charge in [-0.2, -0.15) is 5.26 Å². The van der Waals surface area contributed by atoms with Gasteiger partial charge in [0, 0.05) is 32.1 Å². The second-order valence-corrected chi connectivity index (χ2v) is 11.8. The van der Waals surface area contributed by atoms with Crippen LogP contribution in [0.3, 0.4) is 0 Å². The molecular formula is C28H32F3N5O6. The number of piperidine rings is 1. The van der Waals surface area contributed by atoms with Gasteiger partial charge in [0.05, 0.1) is 24.3 Å². The molecule has 3 aliphatic heterocycles. The lowest BCUT2D eigenvalue weighted by Gasteiger charge is -2.34. The van der Waals surface area contributed by atoms with E-state index in [0.29, 0.717) is 13.0 Å². The molecule has 42 heavy (non-hydrogen) atoms. The fraction of sp³-hybridized carbons (Fsp3) is 0.607. The number of fused-ring (bicyclic) bond motifs is 2. The van der Waals surface area contributed by atoms with Crippen LogP contribution in [0.25, 0.3) is 0 Å². The Morgan fingerprint density at radius 2 is 2.00 bits per heavy atom. The van der Waals surface area contributed by atoms with E-state index in [0.717, 1.165) is 12.1 Å². The Bertz CT molecular complexity index is 1310. The lowest BCUT2D eigenvalue weighted by atomic mass is 9.98. The maximum atomic E-state index is 13.6. The van der Waals surface area contributed by atoms with Crippen LogP contribution in [0.1, 0.15) is 33.1 Å². The van der Waals surface area contributed by atoms with E-state index in [1.54, 1.807) is 0 Å². The first kappa shape index (κ1) is 29.6. The fourth-order valence-electron chi connectivity index (χ4n) is 6.34. The van der Waals surface area contributed by atoms with Crippen molar-refractivity contribution < 1.29 is 41.8 Å². The van der Waals surface area contributed by atoms with Crippen molar-refractivity contribution in [3.8, 4) is 11.8 Å². The molecule has 4 amide bonds. The summed E-state index contributed by atoms with van der Waals surface area (Å²) in [6.07, 6.45) is -4.79. The molecule has 1 aromatic carbocycles. The summed E-state index contributed by atoms with van der Waals surface area (Å²) in [7, 11) is 0. The number of amides is 4. The molecule has 4 aliphatic rings. The van der Waals surface area contributed by atoms with Crippen molar-refractivity contribution in [2.45, 2.75) is 63.8 Å². The van der Waals surface area contributed by atoms with Gasteiger partial charge in [-0.1, -0.05) is 13.8 Å². The highest BCUT2D eigenvalue weighted by molar-refractivity contribution is 5.98. The Balaban J connectivity index is 1.29. The summed E-state index contributed by atoms with van der Waals surface area (Å²) in [6, 6.07) is 1.72. The van der Waals surface area contributed by atoms with E-state index in [1.165, 1.54) is 11.0 Å². The molecule has 11 nitrogen and oxygen atoms in total. The van der Waals surface area contributed by atoms with Crippen LogP contribution in [-0.2, 0) is 23.9 Å². The molecule has 2 saturated heterocycles. The molecule has 1 aromatic rings. The van der Waals surface area contributed by atoms with Crippen LogP contribution in [0.5, 0.6) is 5.75 Å². The largest absolute Gasteiger partial charge is 0.478 e. The highest BCUT2D eigenvalue weighted by atomic mass is 19.3. The van der Waals surface area contributed by atoms with Crippen LogP contribution in [-0.4, -0.2) is 78.9 Å². The standard InChI is InChI=1S/C28H32F3N5O6/c1-28(2)16-11-36(27(40)18(9-21(30)31)35-24(37)13-5-6-41-12-13)23(22(16)28)26(39)33-15(10-32)8-20-25(38)34-17-7-14(29)3-4-19(17)42-20/h3-4,7,13,15-16,18,20-23H,5-6,8-9,11-12H2,1-2H3,(H,33,39)(H,34,38)(H,35,37)/t13-,15-,16-,18-,20-,22-,23-/m0/s1. The molecule has 3 fully saturated rings. The summed E-state index contributed by atoms with van der Waals surface area (Å²) in [5, 5.41) is 17.3. The molecule has 3 heterocycles. The topological polar surface area (TPSA) is 150 Å². The smallest absolute Gasteiger partial charge is 0.265 e. The van der Waals surface area contributed by atoms with Crippen molar-refractivity contribution in [1.82, 2.24) is 15.5 Å². The van der Waals surface area contributed by atoms with Crippen molar-refractivity contribution in [3.05, 3.63) is 24.0 Å². The summed E-state index contributed by atoms with van der Waals surface area (Å²) >= 11 is 0. The minimum Gasteiger partial charge on any atom is -0.478 e. The third-order valence-electron chi connectivity index (χ3n) is 8.77. The van der Waals surface area contributed by atoms with Crippen molar-refractivity contribution in [2.24, 2.45) is 23.2 Å². The van der Waals surface area contributed by atoms with Gasteiger partial charge < -0.3 is 30.3 Å². The number of hydrogen-bond donors (Lipinski definition) is 3. The summed E-state index contributed by atoms with van der Waals surface area (Å²) in [5.74, 6) is -3.93. The molecule has 0 bridgehead atoms. The first-order valence-electron chi connectivity index (χ1n) is 13.8. The zero-order valence-corrected chi connectivity index (χ0v) is 23.1. The summed E-state index contributed by atoms with van der Waals surface area (Å²) in [6.45, 7) is 4.50. The second-order valence-electron chi connectivity index (χ2n) is 11.8. The summed E-state index contributed by atoms with van der Waals surface area (Å²) in [5.41, 5.74) is -0.170. The molecular weight excluding hydrogens is 559 g/mol. The monoisotopic (exact) mass is 591 g/mol. The third-order valence-corrected chi connectivity index (χ3v) is 8.77. The maximum Gasteiger partial charge on any atom is 0.265 e. The van der Waals surface area contributed by atoms with E-state index < -0.39 is 72.4 Å². The molecule has 0 radical (unpaired) electrons. The van der Waals surface area contributed by atoms with Crippen LogP contribution >= 0.6 is 0 Å². The molecule has 226 valence electrons. The fourth-order valence-corrected chi connectivity index (χ4v) is 6.34. The number of rotatable bonds is 9. The van der Waals surface area contributed by atoms with Gasteiger partial charge in [-0.05, 0) is 35.8 Å². The zero-order valence-electron chi connectivity index (χ0n) is 23.1. The quantitative estimate of drug-likeness (QED) is 0.395. The van der Waals surface area contributed by atoms with Crippen LogP contribution in [0, 0.1) is 40.3 Å². The Hall–Kier alpha value is -3.86. The third kappa shape index (κ3) is 5.74. The van der Waals surface area contributed by atoms with Crippen molar-refractivity contribution >= 4 is 29.3 Å². The van der Waals surface area contributed by atoms with E-state index in [-0.39, 0.29) is 48.3 Å². The first-order chi connectivity index (χ1) is 19.9. The Morgan fingerprint density at radius 1 is 1.24 bits per heavy atom. The van der Waals surface area contributed by atoms with Gasteiger partial charge in [-0.15, -0.1) is 0 Å². The van der Waals surface area contributed by atoms with Crippen LogP contribution in [0.2, 0.25) is 0 Å². The molecule has 5 rings (SSSR count). The SMILES string of the molecule is CC1(C)[C@@H]2[C@@H](C(=O)N[C@H](C#N)C[C@@H]3Oc4ccc(F)cc4NC3=O)N(C(=O)[C@H](CC(F)F)NC(=O)[C@H]3CCOC3)C[C@@H]21. The minimum absolute atomic E-state index is 0.0757. The Labute approximate surface area is 240 Å². The van der Waals surface area contributed by atoms with Gasteiger partial charge in [0.2, 0.25) is 24.1 Å². The maximum absolute atomic E-state index is 13.6. The molecule has 0 aromatic heterocycles. The number of carbonyl (C=O) groups is 4. The number of hydrogen-bond acceptors (Lipinski definition) is 7. The van der Waals surface area contributed by atoms with Gasteiger partial charge in [0.1, 0.15) is 29.7 Å². The molecule has 0 unspecified atom stereocenters. The number of nitrogens with one attached hydrogen (secondary N) is 3. The number of benzene rings is 1. The number of carbonyl (C=O) groups excluding carboxylic acids is 4. The normalized spacial score (nSPS) is 28.5. The number of likely N-dealkylation sites (tertiary alicyclic amines) is 1. The van der Waals surface area contributed by atoms with Gasteiger partial charge in [-0.25, -0.2) is 13.2 Å². The van der Waals surface area contributed by atoms with Gasteiger partial charge in [-0.3, -0.25) is 19.2 Å². The Kier molecular flexibility index (Phi) is 8.06. The minimum atomic E-state index is -2.88. The Morgan fingerprint density at radius 3 is 2.67 bits per heavy atom. The van der Waals surface area contributed by atoms with E-state index in [9.17, 15) is 37.6 Å². The molecule has 1 saturated carbocycles. The average molecular weight is 592 g/mol. The number of ether oxygens (including phenoxy) is 2. The molecule has 1 aliphatic carbocycles. The van der Waals surface area contributed by atoms with Crippen molar-refractivity contribution in [2.75, 3.05) is 25.1 Å². The number of nitriles is 1. The number of alkyl halides is 2. The molecule has 0 spiro atoms. The van der Waals surface area contributed by atoms with Crippen LogP contribution in [0.15, 0.2) is 18.2 Å². The van der Waals surface area contributed by atoms with E-state index in [4.69, 9.17) is 9.47 Å². The number of halogens is 3. The lowest BCUT2D eigenvalue weighted by molar-refractivity contribution is -0.144. The molecule has 3 N–H and O–H groups in total. The highest BCUT2D eigenvalue weighted by Crippen LogP contribution is 2.65. The van der Waals surface area contributed by atoms with E-state index in [2.05, 4.69) is 16.0 Å². The molecule has 7 atom stereocenters. The summed E-state index contributed by atoms with van der Waals surface area (Å²) < 4.78 is 51.3. The number of anilines is 1. The first-order valence-corrected chi connectivity index (χ1v) is 13.8. The predicted molar refractivity (Wildman–Crippen MR) is 139 cm³/mol. The number of nitrogens with zero attached hydrogens (tertiary/aromatic N) is 2. The van der Waals surface area contributed by atoms with Crippen LogP contribution < -0.4 is 20.7 Å².